The molecule has 2 atom stereocenters. The van der Waals surface area contributed by atoms with Gasteiger partial charge in [-0.2, -0.15) is 0 Å². The van der Waals surface area contributed by atoms with Crippen molar-refractivity contribution in [3.8, 4) is 0 Å². The van der Waals surface area contributed by atoms with Gasteiger partial charge in [0.1, 0.15) is 0 Å². The van der Waals surface area contributed by atoms with Crippen LogP contribution >= 0.6 is 0 Å². The average Bonchev–Trinajstić information content (AvgIpc) is 1.85. The van der Waals surface area contributed by atoms with Gasteiger partial charge in [-0.15, -0.1) is 0 Å². The SMILES string of the molecule is CC1CC(NN(C)C)CCO1. The molecule has 3 nitrogen and oxygen atoms in total. The van der Waals surface area contributed by atoms with Crippen molar-refractivity contribution in [2.24, 2.45) is 0 Å². The van der Waals surface area contributed by atoms with Gasteiger partial charge in [0.25, 0.3) is 0 Å². The van der Waals surface area contributed by atoms with Crippen LogP contribution in [0.25, 0.3) is 0 Å². The number of hydrazine groups is 1. The Balaban J connectivity index is 2.23. The molecule has 1 fully saturated rings. The molecule has 1 heterocycles. The van der Waals surface area contributed by atoms with Gasteiger partial charge in [-0.3, -0.25) is 10.4 Å². The first-order valence-corrected chi connectivity index (χ1v) is 4.23. The minimum atomic E-state index is 0.418. The van der Waals surface area contributed by atoms with Crippen molar-refractivity contribution < 1.29 is 4.74 Å². The van der Waals surface area contributed by atoms with E-state index in [2.05, 4.69) is 12.3 Å². The van der Waals surface area contributed by atoms with Crippen LogP contribution in [0.2, 0.25) is 0 Å². The predicted octanol–water partition coefficient (Wildman–Crippen LogP) is 0.620. The van der Waals surface area contributed by atoms with E-state index in [1.165, 1.54) is 0 Å². The molecular weight excluding hydrogens is 140 g/mol. The number of ether oxygens (including phenoxy) is 1. The third-order valence-corrected chi connectivity index (χ3v) is 1.93. The van der Waals surface area contributed by atoms with Gasteiger partial charge in [0.05, 0.1) is 6.10 Å². The molecule has 1 aliphatic heterocycles. The molecule has 0 radical (unpaired) electrons. The Morgan fingerprint density at radius 1 is 1.45 bits per heavy atom. The lowest BCUT2D eigenvalue weighted by molar-refractivity contribution is 0.00125. The molecule has 11 heavy (non-hydrogen) atoms. The quantitative estimate of drug-likeness (QED) is 0.596. The second kappa shape index (κ2) is 4.04. The van der Waals surface area contributed by atoms with Crippen molar-refractivity contribution in [1.82, 2.24) is 10.4 Å². The van der Waals surface area contributed by atoms with Crippen LogP contribution in [0.1, 0.15) is 19.8 Å². The van der Waals surface area contributed by atoms with Crippen molar-refractivity contribution in [3.05, 3.63) is 0 Å². The number of hydrogen-bond acceptors (Lipinski definition) is 3. The summed E-state index contributed by atoms with van der Waals surface area (Å²) < 4.78 is 5.43. The smallest absolute Gasteiger partial charge is 0.0562 e. The highest BCUT2D eigenvalue weighted by atomic mass is 16.5. The van der Waals surface area contributed by atoms with Crippen molar-refractivity contribution in [2.45, 2.75) is 31.9 Å². The molecule has 1 rings (SSSR count). The van der Waals surface area contributed by atoms with Crippen molar-refractivity contribution in [2.75, 3.05) is 20.7 Å². The Labute approximate surface area is 68.7 Å². The molecule has 1 saturated heterocycles. The van der Waals surface area contributed by atoms with E-state index in [9.17, 15) is 0 Å². The fourth-order valence-electron chi connectivity index (χ4n) is 1.48. The van der Waals surface area contributed by atoms with Crippen LogP contribution in [0, 0.1) is 0 Å². The molecule has 0 bridgehead atoms. The van der Waals surface area contributed by atoms with E-state index in [4.69, 9.17) is 4.74 Å². The average molecular weight is 158 g/mol. The first-order chi connectivity index (χ1) is 5.18. The Bertz CT molecular complexity index is 115. The first kappa shape index (κ1) is 8.97. The highest BCUT2D eigenvalue weighted by Crippen LogP contribution is 2.12. The maximum atomic E-state index is 5.43. The molecule has 3 heteroatoms. The van der Waals surface area contributed by atoms with E-state index in [1.54, 1.807) is 0 Å². The van der Waals surface area contributed by atoms with E-state index >= 15 is 0 Å². The zero-order valence-electron chi connectivity index (χ0n) is 7.63. The number of nitrogens with one attached hydrogen (secondary N) is 1. The van der Waals surface area contributed by atoms with Crippen LogP contribution in [0.15, 0.2) is 0 Å². The molecule has 2 unspecified atom stereocenters. The van der Waals surface area contributed by atoms with E-state index < -0.39 is 0 Å². The second-order valence-corrected chi connectivity index (χ2v) is 3.43. The van der Waals surface area contributed by atoms with Crippen LogP contribution in [-0.2, 0) is 4.74 Å². The van der Waals surface area contributed by atoms with Gasteiger partial charge >= 0.3 is 0 Å². The summed E-state index contributed by atoms with van der Waals surface area (Å²) in [6.45, 7) is 3.02. The minimum Gasteiger partial charge on any atom is -0.378 e. The van der Waals surface area contributed by atoms with E-state index in [0.29, 0.717) is 12.1 Å². The summed E-state index contributed by atoms with van der Waals surface area (Å²) >= 11 is 0. The molecule has 0 amide bonds. The fraction of sp³-hybridized carbons (Fsp3) is 1.00. The van der Waals surface area contributed by atoms with E-state index in [-0.39, 0.29) is 0 Å². The van der Waals surface area contributed by atoms with Crippen molar-refractivity contribution in [3.63, 3.8) is 0 Å². The normalized spacial score (nSPS) is 32.7. The van der Waals surface area contributed by atoms with Gasteiger partial charge in [0.2, 0.25) is 0 Å². The van der Waals surface area contributed by atoms with Crippen molar-refractivity contribution >= 4 is 0 Å². The molecule has 66 valence electrons. The highest BCUT2D eigenvalue weighted by molar-refractivity contribution is 4.72. The van der Waals surface area contributed by atoms with Crippen LogP contribution in [0.5, 0.6) is 0 Å². The third kappa shape index (κ3) is 3.18. The maximum absolute atomic E-state index is 5.43. The van der Waals surface area contributed by atoms with Gasteiger partial charge in [0, 0.05) is 26.7 Å². The molecular formula is C8H18N2O. The highest BCUT2D eigenvalue weighted by Gasteiger charge is 2.18. The predicted molar refractivity (Wildman–Crippen MR) is 45.3 cm³/mol. The lowest BCUT2D eigenvalue weighted by Gasteiger charge is -2.30. The summed E-state index contributed by atoms with van der Waals surface area (Å²) in [5.41, 5.74) is 3.37. The van der Waals surface area contributed by atoms with Gasteiger partial charge in [-0.05, 0) is 19.8 Å². The summed E-state index contributed by atoms with van der Waals surface area (Å²) in [6.07, 6.45) is 2.67. The van der Waals surface area contributed by atoms with Crippen LogP contribution in [-0.4, -0.2) is 37.9 Å². The Hall–Kier alpha value is -0.120. The lowest BCUT2D eigenvalue weighted by atomic mass is 10.1. The minimum absolute atomic E-state index is 0.418. The molecule has 1 N–H and O–H groups in total. The van der Waals surface area contributed by atoms with Gasteiger partial charge in [-0.1, -0.05) is 0 Å². The summed E-state index contributed by atoms with van der Waals surface area (Å²) in [6, 6.07) is 0.605. The molecule has 0 aromatic heterocycles. The van der Waals surface area contributed by atoms with E-state index in [0.717, 1.165) is 19.4 Å². The maximum Gasteiger partial charge on any atom is 0.0562 e. The van der Waals surface area contributed by atoms with Gasteiger partial charge < -0.3 is 4.74 Å². The van der Waals surface area contributed by atoms with E-state index in [1.807, 2.05) is 19.1 Å². The molecule has 0 aliphatic carbocycles. The molecule has 0 aromatic rings. The van der Waals surface area contributed by atoms with Crippen molar-refractivity contribution in [1.29, 1.82) is 0 Å². The topological polar surface area (TPSA) is 24.5 Å². The molecule has 0 saturated carbocycles. The van der Waals surface area contributed by atoms with Crippen LogP contribution < -0.4 is 5.43 Å². The summed E-state index contributed by atoms with van der Waals surface area (Å²) in [4.78, 5) is 0. The summed E-state index contributed by atoms with van der Waals surface area (Å²) in [5.74, 6) is 0. The lowest BCUT2D eigenvalue weighted by Crippen LogP contribution is -2.44. The molecule has 0 spiro atoms. The summed E-state index contributed by atoms with van der Waals surface area (Å²) in [5, 5.41) is 2.02. The number of nitrogens with zero attached hydrogens (tertiary/aromatic N) is 1. The number of hydrogen-bond donors (Lipinski definition) is 1. The summed E-state index contributed by atoms with van der Waals surface area (Å²) in [7, 11) is 4.06. The standard InChI is InChI=1S/C8H18N2O/c1-7-6-8(4-5-11-7)9-10(2)3/h7-9H,4-6H2,1-3H3. The second-order valence-electron chi connectivity index (χ2n) is 3.43. The zero-order valence-corrected chi connectivity index (χ0v) is 7.63. The zero-order chi connectivity index (χ0) is 8.27. The number of rotatable bonds is 2. The van der Waals surface area contributed by atoms with Gasteiger partial charge in [0.15, 0.2) is 0 Å². The Morgan fingerprint density at radius 2 is 2.18 bits per heavy atom. The van der Waals surface area contributed by atoms with Crippen LogP contribution in [0.3, 0.4) is 0 Å². The monoisotopic (exact) mass is 158 g/mol. The van der Waals surface area contributed by atoms with Crippen LogP contribution in [0.4, 0.5) is 0 Å². The fourth-order valence-corrected chi connectivity index (χ4v) is 1.48. The third-order valence-electron chi connectivity index (χ3n) is 1.93. The Kier molecular flexibility index (Phi) is 3.30. The molecule has 0 aromatic carbocycles. The largest absolute Gasteiger partial charge is 0.378 e. The first-order valence-electron chi connectivity index (χ1n) is 4.23. The molecule has 1 aliphatic rings. The van der Waals surface area contributed by atoms with Gasteiger partial charge in [-0.25, -0.2) is 0 Å². The Morgan fingerprint density at radius 3 is 2.73 bits per heavy atom.